The molecule has 2 N–H and O–H groups in total. The van der Waals surface area contributed by atoms with E-state index in [4.69, 9.17) is 0 Å². The summed E-state index contributed by atoms with van der Waals surface area (Å²) in [6.07, 6.45) is 7.18. The summed E-state index contributed by atoms with van der Waals surface area (Å²) >= 11 is 0. The van der Waals surface area contributed by atoms with Crippen LogP contribution in [0, 0.1) is 18.8 Å². The van der Waals surface area contributed by atoms with E-state index < -0.39 is 0 Å². The summed E-state index contributed by atoms with van der Waals surface area (Å²) < 4.78 is 0. The second kappa shape index (κ2) is 4.17. The van der Waals surface area contributed by atoms with E-state index in [0.29, 0.717) is 6.04 Å². The first-order valence-electron chi connectivity index (χ1n) is 6.55. The van der Waals surface area contributed by atoms with E-state index in [1.807, 2.05) is 7.05 Å². The fourth-order valence-electron chi connectivity index (χ4n) is 2.54. The first-order valence-corrected chi connectivity index (χ1v) is 6.55. The molecular weight excluding hydrogens is 212 g/mol. The molecule has 17 heavy (non-hydrogen) atoms. The maximum atomic E-state index is 4.38. The number of hydrogen-bond donors (Lipinski definition) is 2. The van der Waals surface area contributed by atoms with E-state index in [1.165, 1.54) is 25.7 Å². The van der Waals surface area contributed by atoms with Gasteiger partial charge >= 0.3 is 0 Å². The number of rotatable bonds is 5. The molecular formula is C13H20N4. The van der Waals surface area contributed by atoms with Gasteiger partial charge in [-0.15, -0.1) is 0 Å². The topological polar surface area (TPSA) is 49.8 Å². The van der Waals surface area contributed by atoms with Crippen LogP contribution in [0.25, 0.3) is 0 Å². The molecule has 0 aliphatic heterocycles. The summed E-state index contributed by atoms with van der Waals surface area (Å²) in [6.45, 7) is 2.07. The van der Waals surface area contributed by atoms with Gasteiger partial charge in [0, 0.05) is 18.7 Å². The van der Waals surface area contributed by atoms with Crippen LogP contribution in [0.5, 0.6) is 0 Å². The molecule has 0 atom stereocenters. The highest BCUT2D eigenvalue weighted by Gasteiger charge is 2.41. The van der Waals surface area contributed by atoms with Crippen molar-refractivity contribution in [2.75, 3.05) is 17.7 Å². The lowest BCUT2D eigenvalue weighted by Gasteiger charge is -2.20. The molecule has 3 rings (SSSR count). The molecule has 0 saturated heterocycles. The van der Waals surface area contributed by atoms with Gasteiger partial charge in [-0.25, -0.2) is 9.97 Å². The largest absolute Gasteiger partial charge is 0.373 e. The first-order chi connectivity index (χ1) is 8.29. The maximum absolute atomic E-state index is 4.38. The number of nitrogens with zero attached hydrogens (tertiary/aromatic N) is 2. The molecule has 0 amide bonds. The van der Waals surface area contributed by atoms with Gasteiger partial charge in [0.25, 0.3) is 0 Å². The van der Waals surface area contributed by atoms with Crippen molar-refractivity contribution < 1.29 is 0 Å². The summed E-state index contributed by atoms with van der Waals surface area (Å²) in [5.41, 5.74) is 1.13. The highest BCUT2D eigenvalue weighted by molar-refractivity contribution is 5.56. The fourth-order valence-corrected chi connectivity index (χ4v) is 2.54. The van der Waals surface area contributed by atoms with Crippen LogP contribution >= 0.6 is 0 Å². The van der Waals surface area contributed by atoms with Gasteiger partial charge in [-0.1, -0.05) is 0 Å². The third kappa shape index (κ3) is 2.21. The van der Waals surface area contributed by atoms with Crippen molar-refractivity contribution in [1.82, 2.24) is 9.97 Å². The Labute approximate surface area is 102 Å². The molecule has 0 aromatic carbocycles. The molecule has 0 unspecified atom stereocenters. The average Bonchev–Trinajstić information content (AvgIpc) is 3.19. The lowest BCUT2D eigenvalue weighted by Crippen LogP contribution is -2.25. The van der Waals surface area contributed by atoms with Gasteiger partial charge in [-0.2, -0.15) is 0 Å². The number of nitrogens with one attached hydrogen (secondary N) is 2. The van der Waals surface area contributed by atoms with Crippen LogP contribution in [-0.4, -0.2) is 23.1 Å². The van der Waals surface area contributed by atoms with Crippen molar-refractivity contribution in [2.45, 2.75) is 38.6 Å². The zero-order valence-corrected chi connectivity index (χ0v) is 10.5. The van der Waals surface area contributed by atoms with E-state index >= 15 is 0 Å². The number of aromatic nitrogens is 2. The van der Waals surface area contributed by atoms with Crippen molar-refractivity contribution in [3.63, 3.8) is 0 Å². The zero-order valence-electron chi connectivity index (χ0n) is 10.5. The third-order valence-corrected chi connectivity index (χ3v) is 3.88. The molecule has 2 aliphatic rings. The molecule has 1 aromatic rings. The van der Waals surface area contributed by atoms with Crippen LogP contribution < -0.4 is 10.6 Å². The van der Waals surface area contributed by atoms with Gasteiger partial charge in [0.15, 0.2) is 0 Å². The van der Waals surface area contributed by atoms with E-state index in [0.717, 1.165) is 29.0 Å². The third-order valence-electron chi connectivity index (χ3n) is 3.88. The number of hydrogen-bond acceptors (Lipinski definition) is 4. The van der Waals surface area contributed by atoms with Crippen molar-refractivity contribution in [3.05, 3.63) is 11.9 Å². The Morgan fingerprint density at radius 3 is 2.24 bits per heavy atom. The molecule has 0 bridgehead atoms. The average molecular weight is 232 g/mol. The minimum absolute atomic E-state index is 0.647. The molecule has 4 nitrogen and oxygen atoms in total. The molecule has 2 aliphatic carbocycles. The SMILES string of the molecule is CNc1ncnc(NC(C2CC2)C2CC2)c1C. The predicted octanol–water partition coefficient (Wildman–Crippen LogP) is 2.43. The Morgan fingerprint density at radius 1 is 1.12 bits per heavy atom. The van der Waals surface area contributed by atoms with Crippen molar-refractivity contribution in [3.8, 4) is 0 Å². The lowest BCUT2D eigenvalue weighted by molar-refractivity contribution is 0.565. The van der Waals surface area contributed by atoms with Crippen LogP contribution in [0.3, 0.4) is 0 Å². The Morgan fingerprint density at radius 2 is 1.71 bits per heavy atom. The van der Waals surface area contributed by atoms with Gasteiger partial charge in [-0.05, 0) is 44.4 Å². The quantitative estimate of drug-likeness (QED) is 0.818. The summed E-state index contributed by atoms with van der Waals surface area (Å²) in [5.74, 6) is 3.70. The fraction of sp³-hybridized carbons (Fsp3) is 0.692. The van der Waals surface area contributed by atoms with Gasteiger partial charge in [-0.3, -0.25) is 0 Å². The predicted molar refractivity (Wildman–Crippen MR) is 69.2 cm³/mol. The van der Waals surface area contributed by atoms with Crippen LogP contribution in [0.2, 0.25) is 0 Å². The van der Waals surface area contributed by atoms with Crippen LogP contribution in [0.1, 0.15) is 31.2 Å². The van der Waals surface area contributed by atoms with Crippen molar-refractivity contribution in [2.24, 2.45) is 11.8 Å². The Kier molecular flexibility index (Phi) is 2.65. The number of anilines is 2. The molecule has 1 heterocycles. The van der Waals surface area contributed by atoms with Crippen LogP contribution in [-0.2, 0) is 0 Å². The molecule has 2 fully saturated rings. The molecule has 2 saturated carbocycles. The van der Waals surface area contributed by atoms with Gasteiger partial charge in [0.1, 0.15) is 18.0 Å². The van der Waals surface area contributed by atoms with E-state index in [9.17, 15) is 0 Å². The highest BCUT2D eigenvalue weighted by atomic mass is 15.1. The standard InChI is InChI=1S/C13H20N4/c1-8-12(14-2)15-7-16-13(8)17-11(9-3-4-9)10-5-6-10/h7,9-11H,3-6H2,1-2H3,(H2,14,15,16,17). The zero-order chi connectivity index (χ0) is 11.8. The smallest absolute Gasteiger partial charge is 0.134 e. The minimum atomic E-state index is 0.647. The summed E-state index contributed by atoms with van der Waals surface area (Å²) in [4.78, 5) is 8.61. The Bertz CT molecular complexity index is 398. The van der Waals surface area contributed by atoms with E-state index in [-0.39, 0.29) is 0 Å². The van der Waals surface area contributed by atoms with Crippen LogP contribution in [0.15, 0.2) is 6.33 Å². The molecule has 1 aromatic heterocycles. The lowest BCUT2D eigenvalue weighted by atomic mass is 10.1. The molecule has 4 heteroatoms. The Balaban J connectivity index is 1.78. The molecule has 0 spiro atoms. The molecule has 92 valence electrons. The van der Waals surface area contributed by atoms with E-state index in [1.54, 1.807) is 6.33 Å². The second-order valence-electron chi connectivity index (χ2n) is 5.29. The van der Waals surface area contributed by atoms with Crippen molar-refractivity contribution >= 4 is 11.6 Å². The van der Waals surface area contributed by atoms with Crippen LogP contribution in [0.4, 0.5) is 11.6 Å². The molecule has 0 radical (unpaired) electrons. The summed E-state index contributed by atoms with van der Waals surface area (Å²) in [6, 6.07) is 0.647. The first kappa shape index (κ1) is 10.8. The van der Waals surface area contributed by atoms with Crippen molar-refractivity contribution in [1.29, 1.82) is 0 Å². The van der Waals surface area contributed by atoms with Gasteiger partial charge < -0.3 is 10.6 Å². The van der Waals surface area contributed by atoms with E-state index in [2.05, 4.69) is 27.5 Å². The maximum Gasteiger partial charge on any atom is 0.134 e. The van der Waals surface area contributed by atoms with Gasteiger partial charge in [0.2, 0.25) is 0 Å². The van der Waals surface area contributed by atoms with Gasteiger partial charge in [0.05, 0.1) is 0 Å². The normalized spacial score (nSPS) is 19.5. The summed E-state index contributed by atoms with van der Waals surface area (Å²) in [7, 11) is 1.90. The second-order valence-corrected chi connectivity index (χ2v) is 5.29. The minimum Gasteiger partial charge on any atom is -0.373 e. The monoisotopic (exact) mass is 232 g/mol. The highest BCUT2D eigenvalue weighted by Crippen LogP contribution is 2.46. The Hall–Kier alpha value is -1.32. The summed E-state index contributed by atoms with van der Waals surface area (Å²) in [5, 5.41) is 6.76.